The molecule has 3 aromatic rings. The Hall–Kier alpha value is -3.51. The monoisotopic (exact) mass is 484 g/mol. The number of fused-ring (bicyclic) bond motifs is 2. The number of benzene rings is 1. The molecular formula is C23H28N6O6. The summed E-state index contributed by atoms with van der Waals surface area (Å²) in [4.78, 5) is 30.0. The standard InChI is InChI=1S/C23H28N6O6/c1-2-32-22(30)14-29-21(25-26-27-29)13-28(12-17-4-3-5-33-17)11-16-8-15-9-19-20(35-7-6-34-19)10-18(15)24-23(16)31/h8-10,17H,2-7,11-14H2,1H3,(H,24,31)/t17-/m1/s1. The summed E-state index contributed by atoms with van der Waals surface area (Å²) in [6, 6.07) is 5.55. The van der Waals surface area contributed by atoms with Gasteiger partial charge in [-0.05, 0) is 42.3 Å². The van der Waals surface area contributed by atoms with Gasteiger partial charge >= 0.3 is 5.97 Å². The Morgan fingerprint density at radius 1 is 1.20 bits per heavy atom. The van der Waals surface area contributed by atoms with Gasteiger partial charge in [-0.25, -0.2) is 4.68 Å². The Labute approximate surface area is 201 Å². The second-order valence-corrected chi connectivity index (χ2v) is 8.57. The SMILES string of the molecule is CCOC(=O)Cn1nnnc1CN(Cc1cc2cc3c(cc2[nH]c1=O)OCCO3)C[C@H]1CCCO1. The first-order chi connectivity index (χ1) is 17.1. The van der Waals surface area contributed by atoms with Gasteiger partial charge < -0.3 is 23.9 Å². The van der Waals surface area contributed by atoms with Crippen LogP contribution in [0.25, 0.3) is 10.9 Å². The number of rotatable bonds is 9. The molecule has 12 nitrogen and oxygen atoms in total. The summed E-state index contributed by atoms with van der Waals surface area (Å²) in [5.74, 6) is 1.39. The lowest BCUT2D eigenvalue weighted by Gasteiger charge is -2.24. The predicted octanol–water partition coefficient (Wildman–Crippen LogP) is 1.03. The molecule has 0 aliphatic carbocycles. The van der Waals surface area contributed by atoms with E-state index in [4.69, 9.17) is 18.9 Å². The number of hydrogen-bond donors (Lipinski definition) is 1. The van der Waals surface area contributed by atoms with E-state index in [9.17, 15) is 9.59 Å². The van der Waals surface area contributed by atoms with Gasteiger partial charge in [0.1, 0.15) is 19.8 Å². The van der Waals surface area contributed by atoms with Crippen LogP contribution in [-0.2, 0) is 33.9 Å². The van der Waals surface area contributed by atoms with Gasteiger partial charge in [-0.1, -0.05) is 0 Å². The Bertz CT molecular complexity index is 1250. The van der Waals surface area contributed by atoms with Crippen molar-refractivity contribution in [3.05, 3.63) is 39.9 Å². The first kappa shape index (κ1) is 23.2. The number of ether oxygens (including phenoxy) is 4. The zero-order chi connectivity index (χ0) is 24.2. The molecule has 5 rings (SSSR count). The van der Waals surface area contributed by atoms with E-state index in [1.807, 2.05) is 12.1 Å². The molecule has 0 amide bonds. The molecule has 2 aromatic heterocycles. The highest BCUT2D eigenvalue weighted by molar-refractivity contribution is 5.83. The highest BCUT2D eigenvalue weighted by atomic mass is 16.6. The summed E-state index contributed by atoms with van der Waals surface area (Å²) in [5, 5.41) is 12.6. The minimum absolute atomic E-state index is 0.0569. The number of carbonyl (C=O) groups is 1. The van der Waals surface area contributed by atoms with Gasteiger partial charge in [0.25, 0.3) is 5.56 Å². The van der Waals surface area contributed by atoms with Crippen molar-refractivity contribution in [3.63, 3.8) is 0 Å². The predicted molar refractivity (Wildman–Crippen MR) is 123 cm³/mol. The quantitative estimate of drug-likeness (QED) is 0.439. The lowest BCUT2D eigenvalue weighted by Crippen LogP contribution is -2.34. The van der Waals surface area contributed by atoms with E-state index in [1.54, 1.807) is 13.0 Å². The number of nitrogens with zero attached hydrogens (tertiary/aromatic N) is 5. The number of aromatic nitrogens is 5. The number of aromatic amines is 1. The summed E-state index contributed by atoms with van der Waals surface area (Å²) in [6.07, 6.45) is 2.01. The van der Waals surface area contributed by atoms with Crippen LogP contribution in [0.5, 0.6) is 11.5 Å². The molecule has 35 heavy (non-hydrogen) atoms. The number of pyridine rings is 1. The molecule has 0 saturated carbocycles. The lowest BCUT2D eigenvalue weighted by molar-refractivity contribution is -0.144. The zero-order valence-corrected chi connectivity index (χ0v) is 19.6. The molecule has 0 bridgehead atoms. The van der Waals surface area contributed by atoms with Gasteiger partial charge in [0.2, 0.25) is 0 Å². The largest absolute Gasteiger partial charge is 0.486 e. The zero-order valence-electron chi connectivity index (χ0n) is 19.6. The van der Waals surface area contributed by atoms with Crippen molar-refractivity contribution in [1.82, 2.24) is 30.1 Å². The summed E-state index contributed by atoms with van der Waals surface area (Å²) in [7, 11) is 0. The summed E-state index contributed by atoms with van der Waals surface area (Å²) in [5.41, 5.74) is 1.10. The lowest BCUT2D eigenvalue weighted by atomic mass is 10.1. The number of tetrazole rings is 1. The Morgan fingerprint density at radius 2 is 2.03 bits per heavy atom. The highest BCUT2D eigenvalue weighted by Crippen LogP contribution is 2.33. The van der Waals surface area contributed by atoms with Crippen LogP contribution < -0.4 is 15.0 Å². The maximum atomic E-state index is 13.0. The first-order valence-corrected chi connectivity index (χ1v) is 11.8. The van der Waals surface area contributed by atoms with Crippen molar-refractivity contribution in [3.8, 4) is 11.5 Å². The van der Waals surface area contributed by atoms with Crippen LogP contribution in [0.4, 0.5) is 0 Å². The van der Waals surface area contributed by atoms with Crippen LogP contribution in [0.2, 0.25) is 0 Å². The molecular weight excluding hydrogens is 456 g/mol. The van der Waals surface area contributed by atoms with Crippen LogP contribution in [0.15, 0.2) is 23.0 Å². The molecule has 0 unspecified atom stereocenters. The molecule has 4 heterocycles. The van der Waals surface area contributed by atoms with Crippen molar-refractivity contribution in [2.75, 3.05) is 33.0 Å². The maximum absolute atomic E-state index is 13.0. The van der Waals surface area contributed by atoms with Gasteiger partial charge in [0.15, 0.2) is 17.3 Å². The van der Waals surface area contributed by atoms with E-state index in [2.05, 4.69) is 25.4 Å². The molecule has 1 saturated heterocycles. The van der Waals surface area contributed by atoms with E-state index >= 15 is 0 Å². The van der Waals surface area contributed by atoms with Crippen molar-refractivity contribution >= 4 is 16.9 Å². The average molecular weight is 485 g/mol. The average Bonchev–Trinajstić information content (AvgIpc) is 3.51. The minimum atomic E-state index is -0.410. The van der Waals surface area contributed by atoms with E-state index in [-0.39, 0.29) is 24.8 Å². The van der Waals surface area contributed by atoms with Crippen molar-refractivity contribution in [2.24, 2.45) is 0 Å². The minimum Gasteiger partial charge on any atom is -0.486 e. The molecule has 1 fully saturated rings. The third kappa shape index (κ3) is 5.43. The number of hydrogen-bond acceptors (Lipinski definition) is 10. The van der Waals surface area contributed by atoms with E-state index in [0.717, 1.165) is 24.8 Å². The fourth-order valence-electron chi connectivity index (χ4n) is 4.40. The molecule has 1 N–H and O–H groups in total. The number of H-pyrrole nitrogens is 1. The number of nitrogens with one attached hydrogen (secondary N) is 1. The van der Waals surface area contributed by atoms with E-state index in [1.165, 1.54) is 4.68 Å². The first-order valence-electron chi connectivity index (χ1n) is 11.8. The Morgan fingerprint density at radius 3 is 2.80 bits per heavy atom. The Balaban J connectivity index is 1.40. The maximum Gasteiger partial charge on any atom is 0.327 e. The van der Waals surface area contributed by atoms with Crippen LogP contribution in [0.1, 0.15) is 31.2 Å². The second kappa shape index (κ2) is 10.4. The van der Waals surface area contributed by atoms with Gasteiger partial charge in [-0.15, -0.1) is 5.10 Å². The Kier molecular flexibility index (Phi) is 6.91. The summed E-state index contributed by atoms with van der Waals surface area (Å²) >= 11 is 0. The molecule has 0 spiro atoms. The van der Waals surface area contributed by atoms with E-state index in [0.29, 0.717) is 61.3 Å². The smallest absolute Gasteiger partial charge is 0.327 e. The topological polar surface area (TPSA) is 134 Å². The van der Waals surface area contributed by atoms with Crippen LogP contribution >= 0.6 is 0 Å². The van der Waals surface area contributed by atoms with Gasteiger partial charge in [0.05, 0.1) is 24.8 Å². The van der Waals surface area contributed by atoms with Crippen LogP contribution in [0, 0.1) is 0 Å². The van der Waals surface area contributed by atoms with Crippen molar-refractivity contribution in [1.29, 1.82) is 0 Å². The van der Waals surface area contributed by atoms with Crippen LogP contribution in [-0.4, -0.2) is 75.1 Å². The molecule has 0 radical (unpaired) electrons. The summed E-state index contributed by atoms with van der Waals surface area (Å²) < 4.78 is 23.6. The third-order valence-corrected chi connectivity index (χ3v) is 6.02. The molecule has 1 atom stereocenters. The van der Waals surface area contributed by atoms with Gasteiger partial charge in [0, 0.05) is 36.7 Å². The number of carbonyl (C=O) groups excluding carboxylic acids is 1. The van der Waals surface area contributed by atoms with Crippen molar-refractivity contribution in [2.45, 2.75) is 45.5 Å². The highest BCUT2D eigenvalue weighted by Gasteiger charge is 2.23. The fraction of sp³-hybridized carbons (Fsp3) is 0.522. The molecule has 1 aromatic carbocycles. The van der Waals surface area contributed by atoms with E-state index < -0.39 is 5.97 Å². The number of esters is 1. The molecule has 2 aliphatic rings. The molecule has 2 aliphatic heterocycles. The van der Waals surface area contributed by atoms with Gasteiger partial charge in [-0.2, -0.15) is 0 Å². The molecule has 186 valence electrons. The third-order valence-electron chi connectivity index (χ3n) is 6.02. The van der Waals surface area contributed by atoms with Crippen molar-refractivity contribution < 1.29 is 23.7 Å². The normalized spacial score (nSPS) is 17.3. The fourth-order valence-corrected chi connectivity index (χ4v) is 4.40. The summed E-state index contributed by atoms with van der Waals surface area (Å²) in [6.45, 7) is 4.95. The molecule has 12 heteroatoms. The van der Waals surface area contributed by atoms with Crippen LogP contribution in [0.3, 0.4) is 0 Å². The second-order valence-electron chi connectivity index (χ2n) is 8.57. The van der Waals surface area contributed by atoms with Gasteiger partial charge in [-0.3, -0.25) is 14.5 Å².